The normalized spacial score (nSPS) is 11.8. The predicted molar refractivity (Wildman–Crippen MR) is 88.9 cm³/mol. The van der Waals surface area contributed by atoms with Gasteiger partial charge in [-0.1, -0.05) is 48.5 Å². The molecule has 21 heavy (non-hydrogen) atoms. The molecule has 0 bridgehead atoms. The van der Waals surface area contributed by atoms with Crippen LogP contribution in [0.1, 0.15) is 16.8 Å². The number of nitrogens with one attached hydrogen (secondary N) is 1. The summed E-state index contributed by atoms with van der Waals surface area (Å²) >= 11 is 0. The number of hydrogen-bond acceptors (Lipinski definition) is 2. The van der Waals surface area contributed by atoms with Crippen LogP contribution in [0.15, 0.2) is 48.5 Å². The SMILES string of the molecule is CN(C)Cc1cccc(/C=C/c2n[nH]c3ccccc23)c1. The number of nitrogens with zero attached hydrogens (tertiary/aromatic N) is 2. The molecule has 0 aliphatic heterocycles. The molecule has 0 spiro atoms. The highest BCUT2D eigenvalue weighted by molar-refractivity contribution is 5.89. The molecule has 1 aromatic heterocycles. The third-order valence-electron chi connectivity index (χ3n) is 3.38. The van der Waals surface area contributed by atoms with Crippen molar-refractivity contribution in [1.82, 2.24) is 15.1 Å². The summed E-state index contributed by atoms with van der Waals surface area (Å²) in [5.41, 5.74) is 4.55. The summed E-state index contributed by atoms with van der Waals surface area (Å²) in [5, 5.41) is 8.57. The highest BCUT2D eigenvalue weighted by atomic mass is 15.1. The zero-order valence-electron chi connectivity index (χ0n) is 12.4. The van der Waals surface area contributed by atoms with Crippen molar-refractivity contribution in [3.8, 4) is 0 Å². The first-order chi connectivity index (χ1) is 10.2. The van der Waals surface area contributed by atoms with Crippen molar-refractivity contribution in [3.63, 3.8) is 0 Å². The third kappa shape index (κ3) is 3.20. The molecular formula is C18H19N3. The molecule has 3 heteroatoms. The Balaban J connectivity index is 1.86. The van der Waals surface area contributed by atoms with E-state index in [2.05, 4.69) is 71.7 Å². The Kier molecular flexibility index (Phi) is 3.84. The van der Waals surface area contributed by atoms with Crippen LogP contribution in [0.3, 0.4) is 0 Å². The Morgan fingerprint density at radius 3 is 2.76 bits per heavy atom. The standard InChI is InChI=1S/C18H19N3/c1-21(2)13-15-7-5-6-14(12-15)10-11-18-16-8-3-4-9-17(16)19-20-18/h3-12H,13H2,1-2H3,(H,19,20)/b11-10+. The number of fused-ring (bicyclic) bond motifs is 1. The first-order valence-electron chi connectivity index (χ1n) is 7.07. The van der Waals surface area contributed by atoms with E-state index in [1.54, 1.807) is 0 Å². The maximum Gasteiger partial charge on any atom is 0.0927 e. The second-order valence-electron chi connectivity index (χ2n) is 5.47. The molecule has 0 aliphatic carbocycles. The summed E-state index contributed by atoms with van der Waals surface area (Å²) in [5.74, 6) is 0. The second-order valence-corrected chi connectivity index (χ2v) is 5.47. The summed E-state index contributed by atoms with van der Waals surface area (Å²) in [6.45, 7) is 0.951. The van der Waals surface area contributed by atoms with Crippen LogP contribution in [0.5, 0.6) is 0 Å². The number of H-pyrrole nitrogens is 1. The maximum absolute atomic E-state index is 4.36. The largest absolute Gasteiger partial charge is 0.305 e. The second kappa shape index (κ2) is 5.94. The van der Waals surface area contributed by atoms with Gasteiger partial charge in [0.25, 0.3) is 0 Å². The van der Waals surface area contributed by atoms with Crippen LogP contribution in [0.2, 0.25) is 0 Å². The summed E-state index contributed by atoms with van der Waals surface area (Å²) < 4.78 is 0. The summed E-state index contributed by atoms with van der Waals surface area (Å²) in [6, 6.07) is 16.8. The molecule has 3 nitrogen and oxygen atoms in total. The summed E-state index contributed by atoms with van der Waals surface area (Å²) in [4.78, 5) is 2.17. The van der Waals surface area contributed by atoms with Gasteiger partial charge in [0, 0.05) is 11.9 Å². The number of para-hydroxylation sites is 1. The minimum atomic E-state index is 0.951. The van der Waals surface area contributed by atoms with Crippen molar-refractivity contribution in [2.45, 2.75) is 6.54 Å². The van der Waals surface area contributed by atoms with Gasteiger partial charge < -0.3 is 4.90 Å². The first kappa shape index (κ1) is 13.6. The fraction of sp³-hybridized carbons (Fsp3) is 0.167. The van der Waals surface area contributed by atoms with Crippen molar-refractivity contribution in [2.75, 3.05) is 14.1 Å². The van der Waals surface area contributed by atoms with Gasteiger partial charge in [-0.25, -0.2) is 0 Å². The van der Waals surface area contributed by atoms with Crippen molar-refractivity contribution in [1.29, 1.82) is 0 Å². The Bertz CT molecular complexity index is 769. The molecule has 0 saturated heterocycles. The molecule has 0 unspecified atom stereocenters. The molecule has 0 aliphatic rings. The molecule has 1 heterocycles. The Morgan fingerprint density at radius 2 is 1.90 bits per heavy atom. The van der Waals surface area contributed by atoms with E-state index in [0.29, 0.717) is 0 Å². The maximum atomic E-state index is 4.36. The quantitative estimate of drug-likeness (QED) is 0.786. The van der Waals surface area contributed by atoms with E-state index in [9.17, 15) is 0 Å². The zero-order valence-corrected chi connectivity index (χ0v) is 12.4. The fourth-order valence-corrected chi connectivity index (χ4v) is 2.45. The van der Waals surface area contributed by atoms with E-state index < -0.39 is 0 Å². The van der Waals surface area contributed by atoms with E-state index in [4.69, 9.17) is 0 Å². The minimum absolute atomic E-state index is 0.951. The molecular weight excluding hydrogens is 258 g/mol. The fourth-order valence-electron chi connectivity index (χ4n) is 2.45. The summed E-state index contributed by atoms with van der Waals surface area (Å²) in [7, 11) is 4.16. The van der Waals surface area contributed by atoms with Crippen molar-refractivity contribution in [3.05, 3.63) is 65.4 Å². The van der Waals surface area contributed by atoms with Gasteiger partial charge in [-0.2, -0.15) is 5.10 Å². The van der Waals surface area contributed by atoms with Crippen LogP contribution in [0, 0.1) is 0 Å². The third-order valence-corrected chi connectivity index (χ3v) is 3.38. The number of aromatic amines is 1. The Hall–Kier alpha value is -2.39. The van der Waals surface area contributed by atoms with Crippen molar-refractivity contribution < 1.29 is 0 Å². The molecule has 1 N–H and O–H groups in total. The zero-order chi connectivity index (χ0) is 14.7. The monoisotopic (exact) mass is 277 g/mol. The molecule has 0 radical (unpaired) electrons. The average Bonchev–Trinajstić information content (AvgIpc) is 2.88. The Morgan fingerprint density at radius 1 is 1.05 bits per heavy atom. The average molecular weight is 277 g/mol. The highest BCUT2D eigenvalue weighted by Gasteiger charge is 2.01. The van der Waals surface area contributed by atoms with Gasteiger partial charge in [-0.3, -0.25) is 5.10 Å². The van der Waals surface area contributed by atoms with Gasteiger partial charge in [-0.15, -0.1) is 0 Å². The summed E-state index contributed by atoms with van der Waals surface area (Å²) in [6.07, 6.45) is 4.18. The van der Waals surface area contributed by atoms with Gasteiger partial charge in [0.05, 0.1) is 11.2 Å². The lowest BCUT2D eigenvalue weighted by Gasteiger charge is -2.09. The lowest BCUT2D eigenvalue weighted by atomic mass is 10.1. The minimum Gasteiger partial charge on any atom is -0.305 e. The molecule has 2 aromatic carbocycles. The molecule has 0 atom stereocenters. The molecule has 3 rings (SSSR count). The van der Waals surface area contributed by atoms with Gasteiger partial charge in [0.15, 0.2) is 0 Å². The number of rotatable bonds is 4. The highest BCUT2D eigenvalue weighted by Crippen LogP contribution is 2.18. The molecule has 106 valence electrons. The number of aromatic nitrogens is 2. The van der Waals surface area contributed by atoms with Crippen LogP contribution in [0.25, 0.3) is 23.1 Å². The topological polar surface area (TPSA) is 31.9 Å². The molecule has 0 saturated carbocycles. The van der Waals surface area contributed by atoms with E-state index >= 15 is 0 Å². The smallest absolute Gasteiger partial charge is 0.0927 e. The van der Waals surface area contributed by atoms with Gasteiger partial charge in [-0.05, 0) is 37.4 Å². The van der Waals surface area contributed by atoms with Gasteiger partial charge >= 0.3 is 0 Å². The van der Waals surface area contributed by atoms with E-state index in [-0.39, 0.29) is 0 Å². The first-order valence-corrected chi connectivity index (χ1v) is 7.07. The number of hydrogen-bond donors (Lipinski definition) is 1. The molecule has 0 fully saturated rings. The molecule has 0 amide bonds. The van der Waals surface area contributed by atoms with E-state index in [0.717, 1.165) is 23.1 Å². The van der Waals surface area contributed by atoms with E-state index in [1.807, 2.05) is 18.2 Å². The lowest BCUT2D eigenvalue weighted by molar-refractivity contribution is 0.402. The number of benzene rings is 2. The van der Waals surface area contributed by atoms with Gasteiger partial charge in [0.1, 0.15) is 0 Å². The van der Waals surface area contributed by atoms with Crippen LogP contribution in [-0.2, 0) is 6.54 Å². The van der Waals surface area contributed by atoms with E-state index in [1.165, 1.54) is 11.1 Å². The van der Waals surface area contributed by atoms with Crippen molar-refractivity contribution in [2.24, 2.45) is 0 Å². The van der Waals surface area contributed by atoms with Crippen molar-refractivity contribution >= 4 is 23.1 Å². The lowest BCUT2D eigenvalue weighted by Crippen LogP contribution is -2.10. The Labute approximate surface area is 124 Å². The molecule has 3 aromatic rings. The predicted octanol–water partition coefficient (Wildman–Crippen LogP) is 3.79. The van der Waals surface area contributed by atoms with Crippen LogP contribution in [0.4, 0.5) is 0 Å². The van der Waals surface area contributed by atoms with Gasteiger partial charge in [0.2, 0.25) is 0 Å². The van der Waals surface area contributed by atoms with Crippen LogP contribution < -0.4 is 0 Å². The van der Waals surface area contributed by atoms with Crippen LogP contribution in [-0.4, -0.2) is 29.2 Å². The van der Waals surface area contributed by atoms with Crippen LogP contribution >= 0.6 is 0 Å².